The van der Waals surface area contributed by atoms with E-state index in [1.807, 2.05) is 12.1 Å². The molecule has 1 aromatic rings. The van der Waals surface area contributed by atoms with E-state index in [1.54, 1.807) is 20.3 Å². The van der Waals surface area contributed by atoms with Gasteiger partial charge in [0, 0.05) is 31.3 Å². The molecule has 0 saturated carbocycles. The lowest BCUT2D eigenvalue weighted by Crippen LogP contribution is -2.30. The number of nitrogens with zero attached hydrogens (tertiary/aromatic N) is 2. The van der Waals surface area contributed by atoms with Crippen LogP contribution in [0.3, 0.4) is 0 Å². The van der Waals surface area contributed by atoms with Gasteiger partial charge < -0.3 is 19.7 Å². The van der Waals surface area contributed by atoms with Crippen molar-refractivity contribution in [2.75, 3.05) is 38.8 Å². The molecule has 0 aliphatic carbocycles. The highest BCUT2D eigenvalue weighted by atomic mass is 16.5. The van der Waals surface area contributed by atoms with Gasteiger partial charge in [0.1, 0.15) is 17.2 Å². The minimum absolute atomic E-state index is 0.163. The number of hydrogen-bond acceptors (Lipinski definition) is 5. The molecule has 7 nitrogen and oxygen atoms in total. The summed E-state index contributed by atoms with van der Waals surface area (Å²) in [6, 6.07) is 3.29. The Morgan fingerprint density at radius 1 is 1.15 bits per heavy atom. The largest absolute Gasteiger partial charge is 0.496 e. The van der Waals surface area contributed by atoms with Crippen LogP contribution in [0.15, 0.2) is 30.5 Å². The Morgan fingerprint density at radius 2 is 1.85 bits per heavy atom. The fourth-order valence-corrected chi connectivity index (χ4v) is 3.25. The van der Waals surface area contributed by atoms with Crippen LogP contribution in [-0.2, 0) is 4.79 Å². The topological polar surface area (TPSA) is 71.1 Å². The molecule has 0 atom stereocenters. The number of benzene rings is 1. The van der Waals surface area contributed by atoms with Crippen LogP contribution in [0.4, 0.5) is 10.5 Å². The molecule has 0 unspecified atom stereocenters. The molecule has 138 valence electrons. The van der Waals surface area contributed by atoms with Crippen molar-refractivity contribution in [1.29, 1.82) is 0 Å². The van der Waals surface area contributed by atoms with Crippen LogP contribution in [0, 0.1) is 0 Å². The lowest BCUT2D eigenvalue weighted by atomic mass is 10.1. The molecule has 3 rings (SSSR count). The molecule has 2 saturated heterocycles. The third-order valence-electron chi connectivity index (χ3n) is 4.55. The van der Waals surface area contributed by atoms with Crippen molar-refractivity contribution >= 4 is 23.7 Å². The Bertz CT molecular complexity index is 766. The second-order valence-electron chi connectivity index (χ2n) is 6.15. The monoisotopic (exact) mass is 357 g/mol. The number of nitrogens with one attached hydrogen (secondary N) is 1. The van der Waals surface area contributed by atoms with Crippen molar-refractivity contribution in [3.63, 3.8) is 0 Å². The lowest BCUT2D eigenvalue weighted by molar-refractivity contribution is -0.122. The van der Waals surface area contributed by atoms with Crippen LogP contribution >= 0.6 is 0 Å². The Labute approximate surface area is 152 Å². The Kier molecular flexibility index (Phi) is 5.16. The summed E-state index contributed by atoms with van der Waals surface area (Å²) in [6.07, 6.45) is 5.42. The van der Waals surface area contributed by atoms with Gasteiger partial charge in [0.15, 0.2) is 0 Å². The Hall–Kier alpha value is -2.96. The minimum Gasteiger partial charge on any atom is -0.496 e. The van der Waals surface area contributed by atoms with Crippen molar-refractivity contribution in [3.05, 3.63) is 36.0 Å². The molecule has 2 heterocycles. The van der Waals surface area contributed by atoms with E-state index in [2.05, 4.69) is 16.8 Å². The maximum Gasteiger partial charge on any atom is 0.329 e. The predicted molar refractivity (Wildman–Crippen MR) is 99.4 cm³/mol. The number of amides is 3. The normalized spacial score (nSPS) is 18.5. The smallest absolute Gasteiger partial charge is 0.329 e. The van der Waals surface area contributed by atoms with E-state index < -0.39 is 6.03 Å². The molecule has 0 spiro atoms. The van der Waals surface area contributed by atoms with Gasteiger partial charge in [-0.15, -0.1) is 6.58 Å². The van der Waals surface area contributed by atoms with E-state index in [-0.39, 0.29) is 18.1 Å². The highest BCUT2D eigenvalue weighted by Gasteiger charge is 2.32. The number of carbonyl (C=O) groups excluding carboxylic acids is 2. The number of ether oxygens (including phenoxy) is 2. The first-order valence-electron chi connectivity index (χ1n) is 8.55. The third-order valence-corrected chi connectivity index (χ3v) is 4.55. The quantitative estimate of drug-likeness (QED) is 0.481. The number of carbonyl (C=O) groups is 2. The minimum atomic E-state index is -0.458. The number of urea groups is 1. The molecule has 0 aromatic heterocycles. The number of rotatable bonds is 6. The van der Waals surface area contributed by atoms with Crippen molar-refractivity contribution in [2.24, 2.45) is 0 Å². The van der Waals surface area contributed by atoms with Gasteiger partial charge in [-0.1, -0.05) is 6.08 Å². The van der Waals surface area contributed by atoms with Gasteiger partial charge in [-0.25, -0.2) is 4.79 Å². The standard InChI is InChI=1S/C19H23N3O4/c1-4-7-22-18(23)14(20-19(22)24)10-13-11-17(26-3)15(12-16(13)25-2)21-8-5-6-9-21/h4,10-12H,1,5-9H2,2-3H3,(H,20,24)/b14-10+. The zero-order valence-electron chi connectivity index (χ0n) is 15.1. The molecule has 2 aliphatic rings. The summed E-state index contributed by atoms with van der Waals surface area (Å²) in [6.45, 7) is 5.68. The van der Waals surface area contributed by atoms with Gasteiger partial charge in [-0.2, -0.15) is 0 Å². The summed E-state index contributed by atoms with van der Waals surface area (Å²) in [4.78, 5) is 27.7. The summed E-state index contributed by atoms with van der Waals surface area (Å²) in [5.41, 5.74) is 1.83. The number of anilines is 1. The van der Waals surface area contributed by atoms with Gasteiger partial charge in [-0.05, 0) is 25.0 Å². The van der Waals surface area contributed by atoms with Crippen molar-refractivity contribution in [2.45, 2.75) is 12.8 Å². The summed E-state index contributed by atoms with van der Waals surface area (Å²) < 4.78 is 11.1. The van der Waals surface area contributed by atoms with Gasteiger partial charge >= 0.3 is 6.03 Å². The van der Waals surface area contributed by atoms with Gasteiger partial charge in [-0.3, -0.25) is 9.69 Å². The molecule has 0 bridgehead atoms. The van der Waals surface area contributed by atoms with E-state index in [0.717, 1.165) is 36.5 Å². The second kappa shape index (κ2) is 7.51. The van der Waals surface area contributed by atoms with Gasteiger partial charge in [0.2, 0.25) is 0 Å². The fourth-order valence-electron chi connectivity index (χ4n) is 3.25. The molecule has 0 radical (unpaired) electrons. The van der Waals surface area contributed by atoms with Crippen molar-refractivity contribution in [1.82, 2.24) is 10.2 Å². The molecule has 1 aromatic carbocycles. The Morgan fingerprint density at radius 3 is 2.46 bits per heavy atom. The first-order chi connectivity index (χ1) is 12.6. The zero-order valence-corrected chi connectivity index (χ0v) is 15.1. The van der Waals surface area contributed by atoms with Crippen LogP contribution in [0.5, 0.6) is 11.5 Å². The van der Waals surface area contributed by atoms with Gasteiger partial charge in [0.25, 0.3) is 5.91 Å². The first-order valence-corrected chi connectivity index (χ1v) is 8.55. The van der Waals surface area contributed by atoms with Crippen LogP contribution in [-0.4, -0.2) is 50.7 Å². The average molecular weight is 357 g/mol. The molecular weight excluding hydrogens is 334 g/mol. The highest BCUT2D eigenvalue weighted by molar-refractivity contribution is 6.14. The van der Waals surface area contributed by atoms with Crippen LogP contribution < -0.4 is 19.7 Å². The molecule has 2 aliphatic heterocycles. The molecular formula is C19H23N3O4. The third kappa shape index (κ3) is 3.24. The summed E-state index contributed by atoms with van der Waals surface area (Å²) in [5.74, 6) is 0.934. The summed E-state index contributed by atoms with van der Waals surface area (Å²) in [5, 5.41) is 2.59. The number of imide groups is 1. The van der Waals surface area contributed by atoms with Crippen LogP contribution in [0.1, 0.15) is 18.4 Å². The fraction of sp³-hybridized carbons (Fsp3) is 0.368. The molecule has 1 N–H and O–H groups in total. The van der Waals surface area contributed by atoms with Crippen molar-refractivity contribution in [3.8, 4) is 11.5 Å². The van der Waals surface area contributed by atoms with E-state index in [4.69, 9.17) is 9.47 Å². The number of hydrogen-bond donors (Lipinski definition) is 1. The summed E-state index contributed by atoms with van der Waals surface area (Å²) >= 11 is 0. The maximum absolute atomic E-state index is 12.4. The van der Waals surface area contributed by atoms with E-state index in [9.17, 15) is 9.59 Å². The van der Waals surface area contributed by atoms with E-state index in [0.29, 0.717) is 17.1 Å². The zero-order chi connectivity index (χ0) is 18.7. The maximum atomic E-state index is 12.4. The SMILES string of the molecule is C=CCN1C(=O)N/C(=C/c2cc(OC)c(N3CCCC3)cc2OC)C1=O. The first kappa shape index (κ1) is 17.8. The highest BCUT2D eigenvalue weighted by Crippen LogP contribution is 2.38. The lowest BCUT2D eigenvalue weighted by Gasteiger charge is -2.22. The molecule has 26 heavy (non-hydrogen) atoms. The van der Waals surface area contributed by atoms with Gasteiger partial charge in [0.05, 0.1) is 19.9 Å². The number of methoxy groups -OCH3 is 2. The van der Waals surface area contributed by atoms with Crippen molar-refractivity contribution < 1.29 is 19.1 Å². The summed E-state index contributed by atoms with van der Waals surface area (Å²) in [7, 11) is 3.20. The van der Waals surface area contributed by atoms with Crippen LogP contribution in [0.2, 0.25) is 0 Å². The molecule has 7 heteroatoms. The van der Waals surface area contributed by atoms with Crippen LogP contribution in [0.25, 0.3) is 6.08 Å². The van der Waals surface area contributed by atoms with E-state index >= 15 is 0 Å². The molecule has 3 amide bonds. The molecule has 2 fully saturated rings. The predicted octanol–water partition coefficient (Wildman–Crippen LogP) is 2.38. The second-order valence-corrected chi connectivity index (χ2v) is 6.15. The Balaban J connectivity index is 1.98. The average Bonchev–Trinajstić information content (AvgIpc) is 3.26. The van der Waals surface area contributed by atoms with E-state index in [1.165, 1.54) is 6.08 Å².